The van der Waals surface area contributed by atoms with E-state index in [4.69, 9.17) is 0 Å². The van der Waals surface area contributed by atoms with Crippen molar-refractivity contribution in [3.05, 3.63) is 34.5 Å². The number of H-pyrrole nitrogens is 1. The molecule has 0 aromatic carbocycles. The van der Waals surface area contributed by atoms with E-state index in [1.807, 2.05) is 27.0 Å². The van der Waals surface area contributed by atoms with Crippen LogP contribution in [0.15, 0.2) is 6.20 Å². The number of nitrogens with zero attached hydrogens (tertiary/aromatic N) is 5. The molecule has 3 rings (SSSR count). The smallest absolute Gasteiger partial charge is 0.291 e. The number of aryl methyl sites for hydroxylation is 2. The van der Waals surface area contributed by atoms with E-state index in [0.29, 0.717) is 6.04 Å². The van der Waals surface area contributed by atoms with Crippen molar-refractivity contribution in [2.45, 2.75) is 46.2 Å². The predicted molar refractivity (Wildman–Crippen MR) is 105 cm³/mol. The molecule has 0 saturated carbocycles. The van der Waals surface area contributed by atoms with Crippen LogP contribution in [0.4, 0.5) is 5.82 Å². The number of aromatic amines is 1. The number of carbonyl (C=O) groups is 1. The second-order valence-corrected chi connectivity index (χ2v) is 7.55. The number of rotatable bonds is 5. The molecular formula is C19H29N7O. The summed E-state index contributed by atoms with van der Waals surface area (Å²) in [5.74, 6) is 0.957. The molecule has 0 bridgehead atoms. The van der Waals surface area contributed by atoms with E-state index in [0.717, 1.165) is 42.3 Å². The lowest BCUT2D eigenvalue weighted by Gasteiger charge is -2.23. The van der Waals surface area contributed by atoms with Crippen LogP contribution in [-0.2, 0) is 0 Å². The van der Waals surface area contributed by atoms with Crippen LogP contribution in [0.1, 0.15) is 52.5 Å². The Labute approximate surface area is 160 Å². The lowest BCUT2D eigenvalue weighted by molar-refractivity contribution is 0.0815. The summed E-state index contributed by atoms with van der Waals surface area (Å²) in [5, 5.41) is 10.8. The molecule has 8 heteroatoms. The van der Waals surface area contributed by atoms with Crippen molar-refractivity contribution in [2.24, 2.45) is 0 Å². The van der Waals surface area contributed by atoms with E-state index in [9.17, 15) is 4.79 Å². The fourth-order valence-electron chi connectivity index (χ4n) is 3.55. The zero-order valence-corrected chi connectivity index (χ0v) is 17.0. The van der Waals surface area contributed by atoms with Gasteiger partial charge in [0.25, 0.3) is 5.91 Å². The van der Waals surface area contributed by atoms with E-state index in [2.05, 4.69) is 37.3 Å². The maximum Gasteiger partial charge on any atom is 0.291 e. The summed E-state index contributed by atoms with van der Waals surface area (Å²) in [5.41, 5.74) is 4.18. The van der Waals surface area contributed by atoms with Gasteiger partial charge in [-0.1, -0.05) is 0 Å². The molecule has 2 atom stereocenters. The summed E-state index contributed by atoms with van der Waals surface area (Å²) in [6, 6.07) is 0.588. The van der Waals surface area contributed by atoms with Gasteiger partial charge in [0.1, 0.15) is 5.82 Å². The van der Waals surface area contributed by atoms with Crippen molar-refractivity contribution >= 4 is 11.7 Å². The number of amides is 1. The van der Waals surface area contributed by atoms with E-state index in [1.54, 1.807) is 14.1 Å². The molecule has 0 spiro atoms. The zero-order chi connectivity index (χ0) is 19.7. The highest BCUT2D eigenvalue weighted by Gasteiger charge is 2.28. The number of hydrogen-bond donors (Lipinski definition) is 2. The standard InChI is InChI=1S/C19H29N7O/c1-11-12(2)22-17(19(27)25(5)6)23-18(11)26-8-7-15(10-26)21-13(3)16-9-20-24-14(16)4/h9,13,15,21H,7-8,10H2,1-6H3,(H,20,24)/t13?,15-/m1/s1. The Kier molecular flexibility index (Phi) is 5.46. The van der Waals surface area contributed by atoms with Gasteiger partial charge in [-0.2, -0.15) is 5.10 Å². The van der Waals surface area contributed by atoms with Gasteiger partial charge in [-0.15, -0.1) is 0 Å². The summed E-state index contributed by atoms with van der Waals surface area (Å²) in [6.45, 7) is 9.91. The Bertz CT molecular complexity index is 829. The number of anilines is 1. The molecule has 1 aliphatic heterocycles. The highest BCUT2D eigenvalue weighted by atomic mass is 16.2. The first kappa shape index (κ1) is 19.3. The van der Waals surface area contributed by atoms with Crippen molar-refractivity contribution in [3.8, 4) is 0 Å². The van der Waals surface area contributed by atoms with Crippen LogP contribution in [0.2, 0.25) is 0 Å². The Morgan fingerprint density at radius 1 is 1.33 bits per heavy atom. The Morgan fingerprint density at radius 3 is 2.70 bits per heavy atom. The summed E-state index contributed by atoms with van der Waals surface area (Å²) >= 11 is 0. The van der Waals surface area contributed by atoms with Crippen molar-refractivity contribution in [1.29, 1.82) is 0 Å². The molecule has 1 unspecified atom stereocenters. The quantitative estimate of drug-likeness (QED) is 0.832. The molecule has 8 nitrogen and oxygen atoms in total. The third-order valence-corrected chi connectivity index (χ3v) is 5.27. The lowest BCUT2D eigenvalue weighted by atomic mass is 10.1. The minimum Gasteiger partial charge on any atom is -0.355 e. The van der Waals surface area contributed by atoms with Crippen molar-refractivity contribution < 1.29 is 4.79 Å². The summed E-state index contributed by atoms with van der Waals surface area (Å²) in [4.78, 5) is 25.0. The summed E-state index contributed by atoms with van der Waals surface area (Å²) in [7, 11) is 3.44. The number of hydrogen-bond acceptors (Lipinski definition) is 6. The maximum atomic E-state index is 12.3. The fraction of sp³-hybridized carbons (Fsp3) is 0.579. The Hall–Kier alpha value is -2.48. The molecule has 0 radical (unpaired) electrons. The van der Waals surface area contributed by atoms with Gasteiger partial charge < -0.3 is 15.1 Å². The molecule has 146 valence electrons. The zero-order valence-electron chi connectivity index (χ0n) is 17.0. The highest BCUT2D eigenvalue weighted by molar-refractivity contribution is 5.90. The molecular weight excluding hydrogens is 342 g/mol. The average molecular weight is 371 g/mol. The first-order valence-electron chi connectivity index (χ1n) is 9.35. The van der Waals surface area contributed by atoms with E-state index in [-0.39, 0.29) is 17.8 Å². The summed E-state index contributed by atoms with van der Waals surface area (Å²) < 4.78 is 0. The first-order chi connectivity index (χ1) is 12.8. The average Bonchev–Trinajstić information content (AvgIpc) is 3.25. The van der Waals surface area contributed by atoms with Crippen LogP contribution in [0, 0.1) is 20.8 Å². The molecule has 2 N–H and O–H groups in total. The lowest BCUT2D eigenvalue weighted by Crippen LogP contribution is -2.35. The van der Waals surface area contributed by atoms with Crippen LogP contribution in [0.25, 0.3) is 0 Å². The van der Waals surface area contributed by atoms with Gasteiger partial charge in [-0.25, -0.2) is 9.97 Å². The van der Waals surface area contributed by atoms with Crippen molar-refractivity contribution in [3.63, 3.8) is 0 Å². The van der Waals surface area contributed by atoms with Gasteiger partial charge in [0, 0.05) is 61.8 Å². The van der Waals surface area contributed by atoms with E-state index < -0.39 is 0 Å². The normalized spacial score (nSPS) is 18.0. The minimum atomic E-state index is -0.169. The van der Waals surface area contributed by atoms with Crippen LogP contribution < -0.4 is 10.2 Å². The van der Waals surface area contributed by atoms with E-state index >= 15 is 0 Å². The molecule has 2 aromatic rings. The van der Waals surface area contributed by atoms with Gasteiger partial charge in [-0.3, -0.25) is 9.89 Å². The van der Waals surface area contributed by atoms with Gasteiger partial charge in [-0.05, 0) is 34.1 Å². The van der Waals surface area contributed by atoms with Crippen molar-refractivity contribution in [2.75, 3.05) is 32.1 Å². The van der Waals surface area contributed by atoms with Crippen LogP contribution >= 0.6 is 0 Å². The Morgan fingerprint density at radius 2 is 2.07 bits per heavy atom. The van der Waals surface area contributed by atoms with Gasteiger partial charge >= 0.3 is 0 Å². The van der Waals surface area contributed by atoms with E-state index in [1.165, 1.54) is 10.5 Å². The molecule has 0 aliphatic carbocycles. The molecule has 1 amide bonds. The first-order valence-corrected chi connectivity index (χ1v) is 9.35. The van der Waals surface area contributed by atoms with Crippen LogP contribution in [0.3, 0.4) is 0 Å². The second-order valence-electron chi connectivity index (χ2n) is 7.55. The molecule has 27 heavy (non-hydrogen) atoms. The third kappa shape index (κ3) is 3.95. The van der Waals surface area contributed by atoms with Gasteiger partial charge in [0.2, 0.25) is 5.82 Å². The Balaban J connectivity index is 1.75. The van der Waals surface area contributed by atoms with Gasteiger partial charge in [0.05, 0.1) is 6.20 Å². The van der Waals surface area contributed by atoms with Crippen molar-refractivity contribution in [1.82, 2.24) is 30.4 Å². The molecule has 1 saturated heterocycles. The highest BCUT2D eigenvalue weighted by Crippen LogP contribution is 2.25. The fourth-order valence-corrected chi connectivity index (χ4v) is 3.55. The monoisotopic (exact) mass is 371 g/mol. The molecule has 2 aromatic heterocycles. The largest absolute Gasteiger partial charge is 0.355 e. The number of aromatic nitrogens is 4. The topological polar surface area (TPSA) is 90.0 Å². The SMILES string of the molecule is Cc1nc(C(=O)N(C)C)nc(N2CC[C@@H](NC(C)c3cn[nH]c3C)C2)c1C. The summed E-state index contributed by atoms with van der Waals surface area (Å²) in [6.07, 6.45) is 2.91. The minimum absolute atomic E-state index is 0.169. The predicted octanol–water partition coefficient (Wildman–Crippen LogP) is 1.76. The molecule has 1 fully saturated rings. The number of nitrogens with one attached hydrogen (secondary N) is 2. The number of carbonyl (C=O) groups excluding carboxylic acids is 1. The molecule has 1 aliphatic rings. The molecule has 3 heterocycles. The van der Waals surface area contributed by atoms with Crippen LogP contribution in [-0.4, -0.2) is 64.2 Å². The van der Waals surface area contributed by atoms with Crippen LogP contribution in [0.5, 0.6) is 0 Å². The second kappa shape index (κ2) is 7.64. The third-order valence-electron chi connectivity index (χ3n) is 5.27. The maximum absolute atomic E-state index is 12.3. The van der Waals surface area contributed by atoms with Gasteiger partial charge in [0.15, 0.2) is 0 Å².